The topological polar surface area (TPSA) is 140 Å². The molecular weight excluding hydrogens is 459 g/mol. The van der Waals surface area contributed by atoms with Crippen LogP contribution in [0.3, 0.4) is 0 Å². The Kier molecular flexibility index (Phi) is 7.96. The number of hydrazone groups is 1. The van der Waals surface area contributed by atoms with E-state index in [1.165, 1.54) is 18.3 Å². The predicted octanol–water partition coefficient (Wildman–Crippen LogP) is 2.45. The van der Waals surface area contributed by atoms with Gasteiger partial charge in [-0.1, -0.05) is 35.9 Å². The van der Waals surface area contributed by atoms with Crippen LogP contribution in [0, 0.1) is 15.9 Å². The highest BCUT2D eigenvalue weighted by Crippen LogP contribution is 2.09. The van der Waals surface area contributed by atoms with Crippen LogP contribution < -0.4 is 5.73 Å². The predicted molar refractivity (Wildman–Crippen MR) is 103 cm³/mol. The number of rotatable bonds is 3. The van der Waals surface area contributed by atoms with Gasteiger partial charge < -0.3 is 5.73 Å². The number of guanidine groups is 1. The summed E-state index contributed by atoms with van der Waals surface area (Å²) in [6.07, 6.45) is 1.43. The summed E-state index contributed by atoms with van der Waals surface area (Å²) < 4.78 is 30.6. The molecule has 0 fully saturated rings. The van der Waals surface area contributed by atoms with Crippen LogP contribution in [0.25, 0.3) is 0 Å². The van der Waals surface area contributed by atoms with Crippen molar-refractivity contribution in [3.63, 3.8) is 0 Å². The number of nitrogens with one attached hydrogen (secondary N) is 1. The molecule has 2 aromatic rings. The molecule has 10 heteroatoms. The first kappa shape index (κ1) is 21.0. The number of hydrogen-bond donors (Lipinski definition) is 4. The Morgan fingerprint density at radius 3 is 2.28 bits per heavy atom. The van der Waals surface area contributed by atoms with E-state index < -0.39 is 16.1 Å². The molecule has 25 heavy (non-hydrogen) atoms. The molecular formula is C15H17IN4O4S. The van der Waals surface area contributed by atoms with Gasteiger partial charge in [0.25, 0.3) is 10.1 Å². The average Bonchev–Trinajstić information content (AvgIpc) is 2.54. The molecule has 0 saturated heterocycles. The van der Waals surface area contributed by atoms with Crippen LogP contribution in [-0.4, -0.2) is 35.5 Å². The zero-order valence-electron chi connectivity index (χ0n) is 13.2. The van der Waals surface area contributed by atoms with Gasteiger partial charge in [0, 0.05) is 9.13 Å². The minimum Gasteiger partial charge on any atom is -0.367 e. The number of nitrogens with two attached hydrogens (primary N) is 1. The molecule has 5 N–H and O–H groups in total. The van der Waals surface area contributed by atoms with Gasteiger partial charge in [0.05, 0.1) is 11.1 Å². The lowest BCUT2D eigenvalue weighted by Crippen LogP contribution is -2.28. The van der Waals surface area contributed by atoms with E-state index in [0.717, 1.165) is 14.7 Å². The van der Waals surface area contributed by atoms with E-state index in [1.54, 1.807) is 12.1 Å². The van der Waals surface area contributed by atoms with E-state index in [0.29, 0.717) is 5.17 Å². The minimum atomic E-state index is -4.02. The third kappa shape index (κ3) is 7.60. The molecule has 0 amide bonds. The van der Waals surface area contributed by atoms with Gasteiger partial charge in [0.15, 0.2) is 0 Å². The second-order valence-corrected chi connectivity index (χ2v) is 7.31. The maximum atomic E-state index is 10.5. The van der Waals surface area contributed by atoms with Crippen LogP contribution in [-0.2, 0) is 10.1 Å². The maximum Gasteiger partial charge on any atom is 0.294 e. The molecule has 0 heterocycles. The molecule has 0 radical (unpaired) electrons. The number of hydrogen-bond acceptors (Lipinski definition) is 5. The molecule has 0 saturated carbocycles. The van der Waals surface area contributed by atoms with Crippen LogP contribution in [0.2, 0.25) is 0 Å². The molecule has 0 unspecified atom stereocenters. The van der Waals surface area contributed by atoms with Gasteiger partial charge in [-0.15, -0.1) is 5.17 Å². The van der Waals surface area contributed by atoms with Crippen LogP contribution in [0.5, 0.6) is 0 Å². The SMILES string of the molecule is Cc1ccc(S(=O)(=O)O)cc1.N=C(N)N(O)N=Cc1ccccc1I. The zero-order chi connectivity index (χ0) is 19.0. The van der Waals surface area contributed by atoms with E-state index in [2.05, 4.69) is 27.7 Å². The minimum absolute atomic E-state index is 0.0666. The lowest BCUT2D eigenvalue weighted by molar-refractivity contribution is -0.0139. The molecule has 0 aliphatic heterocycles. The fourth-order valence-corrected chi connectivity index (χ4v) is 2.48. The van der Waals surface area contributed by atoms with E-state index in [4.69, 9.17) is 20.9 Å². The Morgan fingerprint density at radius 2 is 1.80 bits per heavy atom. The molecule has 134 valence electrons. The maximum absolute atomic E-state index is 10.5. The van der Waals surface area contributed by atoms with Crippen molar-refractivity contribution in [3.8, 4) is 0 Å². The zero-order valence-corrected chi connectivity index (χ0v) is 16.1. The Balaban J connectivity index is 0.000000257. The summed E-state index contributed by atoms with van der Waals surface area (Å²) >= 11 is 2.15. The fourth-order valence-electron chi connectivity index (χ4n) is 1.47. The summed E-state index contributed by atoms with van der Waals surface area (Å²) in [6, 6.07) is 13.5. The first-order chi connectivity index (χ1) is 11.6. The van der Waals surface area contributed by atoms with Gasteiger partial charge in [0.1, 0.15) is 0 Å². The summed E-state index contributed by atoms with van der Waals surface area (Å²) in [5, 5.41) is 19.7. The molecule has 8 nitrogen and oxygen atoms in total. The van der Waals surface area contributed by atoms with Crippen LogP contribution in [0.1, 0.15) is 11.1 Å². The van der Waals surface area contributed by atoms with Gasteiger partial charge in [-0.05, 0) is 47.7 Å². The smallest absolute Gasteiger partial charge is 0.294 e. The summed E-state index contributed by atoms with van der Waals surface area (Å²) in [6.45, 7) is 1.84. The van der Waals surface area contributed by atoms with Crippen LogP contribution >= 0.6 is 22.6 Å². The van der Waals surface area contributed by atoms with E-state index in [-0.39, 0.29) is 4.90 Å². The highest BCUT2D eigenvalue weighted by atomic mass is 127. The van der Waals surface area contributed by atoms with Gasteiger partial charge in [-0.2, -0.15) is 13.5 Å². The summed E-state index contributed by atoms with van der Waals surface area (Å²) in [5.41, 5.74) is 6.79. The Morgan fingerprint density at radius 1 is 1.24 bits per heavy atom. The Hall–Kier alpha value is -2.02. The summed E-state index contributed by atoms with van der Waals surface area (Å²) in [7, 11) is -4.02. The van der Waals surface area contributed by atoms with Gasteiger partial charge >= 0.3 is 0 Å². The third-order valence-electron chi connectivity index (χ3n) is 2.75. The van der Waals surface area contributed by atoms with Crippen molar-refractivity contribution in [1.82, 2.24) is 5.17 Å². The molecule has 0 atom stereocenters. The number of aryl methyl sites for hydroxylation is 1. The van der Waals surface area contributed by atoms with Crippen LogP contribution in [0.4, 0.5) is 0 Å². The molecule has 0 aromatic heterocycles. The molecule has 0 aliphatic carbocycles. The van der Waals surface area contributed by atoms with Crippen molar-refractivity contribution in [2.24, 2.45) is 10.8 Å². The third-order valence-corrected chi connectivity index (χ3v) is 4.60. The Labute approximate surface area is 159 Å². The fraction of sp³-hybridized carbons (Fsp3) is 0.0667. The van der Waals surface area contributed by atoms with Gasteiger partial charge in [-0.25, -0.2) is 0 Å². The molecule has 2 rings (SSSR count). The largest absolute Gasteiger partial charge is 0.367 e. The van der Waals surface area contributed by atoms with Gasteiger partial charge in [-0.3, -0.25) is 15.2 Å². The van der Waals surface area contributed by atoms with Gasteiger partial charge in [0.2, 0.25) is 5.96 Å². The van der Waals surface area contributed by atoms with E-state index in [1.807, 2.05) is 31.2 Å². The lowest BCUT2D eigenvalue weighted by atomic mass is 10.2. The first-order valence-corrected chi connectivity index (χ1v) is 9.29. The number of benzene rings is 2. The molecule has 0 spiro atoms. The second-order valence-electron chi connectivity index (χ2n) is 4.73. The lowest BCUT2D eigenvalue weighted by Gasteiger charge is -2.05. The second kappa shape index (κ2) is 9.46. The van der Waals surface area contributed by atoms with Crippen LogP contribution in [0.15, 0.2) is 58.5 Å². The number of hydroxylamine groups is 1. The van der Waals surface area contributed by atoms with Crippen molar-refractivity contribution in [2.75, 3.05) is 0 Å². The summed E-state index contributed by atoms with van der Waals surface area (Å²) in [4.78, 5) is -0.0666. The molecule has 0 bridgehead atoms. The monoisotopic (exact) mass is 476 g/mol. The van der Waals surface area contributed by atoms with Crippen molar-refractivity contribution in [3.05, 3.63) is 63.2 Å². The van der Waals surface area contributed by atoms with Crippen molar-refractivity contribution >= 4 is 44.9 Å². The summed E-state index contributed by atoms with van der Waals surface area (Å²) in [5.74, 6) is -0.521. The van der Waals surface area contributed by atoms with Crippen molar-refractivity contribution in [1.29, 1.82) is 5.41 Å². The van der Waals surface area contributed by atoms with Crippen molar-refractivity contribution in [2.45, 2.75) is 11.8 Å². The highest BCUT2D eigenvalue weighted by molar-refractivity contribution is 14.1. The highest BCUT2D eigenvalue weighted by Gasteiger charge is 2.06. The van der Waals surface area contributed by atoms with E-state index in [9.17, 15) is 8.42 Å². The first-order valence-electron chi connectivity index (χ1n) is 6.77. The van der Waals surface area contributed by atoms with Crippen molar-refractivity contribution < 1.29 is 18.2 Å². The number of nitrogens with zero attached hydrogens (tertiary/aromatic N) is 2. The molecule has 2 aromatic carbocycles. The number of halogens is 1. The Bertz CT molecular complexity index is 854. The quantitative estimate of drug-likeness (QED) is 0.176. The van der Waals surface area contributed by atoms with E-state index >= 15 is 0 Å². The average molecular weight is 476 g/mol. The standard InChI is InChI=1S/C8H9IN4O.C7H8O3S/c9-7-4-2-1-3-6(7)5-12-13(14)8(10)11;1-6-2-4-7(5-3-6)11(8,9)10/h1-5,14H,(H3,10,11);2-5H,1H3,(H,8,9,10). The molecule has 0 aliphatic rings. The normalized spacial score (nSPS) is 10.9.